The van der Waals surface area contributed by atoms with Crippen molar-refractivity contribution in [1.29, 1.82) is 0 Å². The van der Waals surface area contributed by atoms with E-state index in [9.17, 15) is 8.78 Å². The van der Waals surface area contributed by atoms with Crippen LogP contribution >= 0.6 is 12.2 Å². The molecule has 0 amide bonds. The van der Waals surface area contributed by atoms with E-state index in [1.54, 1.807) is 23.1 Å². The molecule has 0 saturated heterocycles. The van der Waals surface area contributed by atoms with Crippen LogP contribution in [0.4, 0.5) is 8.78 Å². The van der Waals surface area contributed by atoms with Crippen LogP contribution < -0.4 is 5.73 Å². The third-order valence-electron chi connectivity index (χ3n) is 2.69. The number of hydrogen-bond donors (Lipinski definition) is 1. The lowest BCUT2D eigenvalue weighted by atomic mass is 10.1. The Balaban J connectivity index is 2.82. The van der Waals surface area contributed by atoms with Crippen molar-refractivity contribution in [3.63, 3.8) is 0 Å². The van der Waals surface area contributed by atoms with Gasteiger partial charge in [-0.3, -0.25) is 4.90 Å². The van der Waals surface area contributed by atoms with Crippen LogP contribution in [-0.2, 0) is 5.92 Å². The van der Waals surface area contributed by atoms with E-state index in [2.05, 4.69) is 0 Å². The predicted octanol–water partition coefficient (Wildman–Crippen LogP) is 2.77. The maximum Gasteiger partial charge on any atom is 0.285 e. The van der Waals surface area contributed by atoms with Crippen LogP contribution in [0.25, 0.3) is 0 Å². The fraction of sp³-hybridized carbons (Fsp3) is 0.462. The summed E-state index contributed by atoms with van der Waals surface area (Å²) in [5, 5.41) is 0. The van der Waals surface area contributed by atoms with Gasteiger partial charge in [0, 0.05) is 18.2 Å². The van der Waals surface area contributed by atoms with Gasteiger partial charge in [-0.15, -0.1) is 0 Å². The highest BCUT2D eigenvalue weighted by molar-refractivity contribution is 7.80. The van der Waals surface area contributed by atoms with E-state index in [4.69, 9.17) is 18.0 Å². The molecule has 100 valence electrons. The molecule has 1 aromatic carbocycles. The lowest BCUT2D eigenvalue weighted by Gasteiger charge is -2.30. The van der Waals surface area contributed by atoms with Crippen LogP contribution in [0.1, 0.15) is 19.4 Å². The highest BCUT2D eigenvalue weighted by atomic mass is 32.1. The minimum atomic E-state index is -2.91. The molecule has 0 aliphatic rings. The summed E-state index contributed by atoms with van der Waals surface area (Å²) in [5.41, 5.74) is 5.45. The van der Waals surface area contributed by atoms with Gasteiger partial charge in [-0.05, 0) is 13.8 Å². The SMILES string of the molecule is CC(C)N(CC(N)=S)CC(F)(F)c1ccccc1. The highest BCUT2D eigenvalue weighted by Crippen LogP contribution is 2.29. The number of nitrogens with zero attached hydrogens (tertiary/aromatic N) is 1. The molecular weight excluding hydrogens is 254 g/mol. The summed E-state index contributed by atoms with van der Waals surface area (Å²) >= 11 is 4.79. The first-order valence-corrected chi connectivity index (χ1v) is 6.19. The molecule has 5 heteroatoms. The van der Waals surface area contributed by atoms with Gasteiger partial charge < -0.3 is 5.73 Å². The van der Waals surface area contributed by atoms with Gasteiger partial charge in [0.15, 0.2) is 0 Å². The summed E-state index contributed by atoms with van der Waals surface area (Å²) in [5.74, 6) is -2.91. The first-order chi connectivity index (χ1) is 8.33. The number of rotatable bonds is 6. The van der Waals surface area contributed by atoms with Gasteiger partial charge in [-0.2, -0.15) is 8.78 Å². The summed E-state index contributed by atoms with van der Waals surface area (Å²) in [6.45, 7) is 3.51. The molecule has 0 atom stereocenters. The van der Waals surface area contributed by atoms with Crippen molar-refractivity contribution in [1.82, 2.24) is 4.90 Å². The molecule has 0 aromatic heterocycles. The lowest BCUT2D eigenvalue weighted by molar-refractivity contribution is -0.0409. The molecule has 2 nitrogen and oxygen atoms in total. The minimum Gasteiger partial charge on any atom is -0.392 e. The number of benzene rings is 1. The van der Waals surface area contributed by atoms with E-state index in [-0.39, 0.29) is 29.7 Å². The molecule has 0 unspecified atom stereocenters. The first kappa shape index (κ1) is 15.0. The smallest absolute Gasteiger partial charge is 0.285 e. The fourth-order valence-corrected chi connectivity index (χ4v) is 1.82. The normalized spacial score (nSPS) is 12.1. The monoisotopic (exact) mass is 272 g/mol. The largest absolute Gasteiger partial charge is 0.392 e. The Kier molecular flexibility index (Phi) is 5.16. The molecule has 1 aromatic rings. The van der Waals surface area contributed by atoms with Crippen molar-refractivity contribution in [2.45, 2.75) is 25.8 Å². The second kappa shape index (κ2) is 6.20. The van der Waals surface area contributed by atoms with E-state index >= 15 is 0 Å². The summed E-state index contributed by atoms with van der Waals surface area (Å²) in [6.07, 6.45) is 0. The molecule has 0 aliphatic heterocycles. The molecular formula is C13H18F2N2S. The van der Waals surface area contributed by atoms with E-state index in [0.717, 1.165) is 0 Å². The van der Waals surface area contributed by atoms with Crippen LogP contribution in [0.5, 0.6) is 0 Å². The predicted molar refractivity (Wildman–Crippen MR) is 73.8 cm³/mol. The zero-order chi connectivity index (χ0) is 13.8. The Labute approximate surface area is 112 Å². The quantitative estimate of drug-likeness (QED) is 0.807. The number of nitrogens with two attached hydrogens (primary N) is 1. The fourth-order valence-electron chi connectivity index (χ4n) is 1.65. The molecule has 0 saturated carbocycles. The molecule has 0 radical (unpaired) electrons. The molecule has 0 spiro atoms. The van der Waals surface area contributed by atoms with Crippen molar-refractivity contribution < 1.29 is 8.78 Å². The van der Waals surface area contributed by atoms with Gasteiger partial charge in [-0.25, -0.2) is 0 Å². The summed E-state index contributed by atoms with van der Waals surface area (Å²) in [6, 6.07) is 7.75. The van der Waals surface area contributed by atoms with Crippen LogP contribution in [0, 0.1) is 0 Å². The second-order valence-electron chi connectivity index (χ2n) is 4.54. The summed E-state index contributed by atoms with van der Waals surface area (Å²) in [7, 11) is 0. The van der Waals surface area contributed by atoms with Crippen LogP contribution in [0.15, 0.2) is 30.3 Å². The lowest BCUT2D eigenvalue weighted by Crippen LogP contribution is -2.43. The Bertz CT molecular complexity index is 393. The van der Waals surface area contributed by atoms with Crippen LogP contribution in [0.3, 0.4) is 0 Å². The highest BCUT2D eigenvalue weighted by Gasteiger charge is 2.34. The number of halogens is 2. The molecule has 18 heavy (non-hydrogen) atoms. The van der Waals surface area contributed by atoms with Gasteiger partial charge >= 0.3 is 0 Å². The third-order valence-corrected chi connectivity index (χ3v) is 2.82. The van der Waals surface area contributed by atoms with Gasteiger partial charge in [0.25, 0.3) is 5.92 Å². The average molecular weight is 272 g/mol. The van der Waals surface area contributed by atoms with E-state index in [1.807, 2.05) is 13.8 Å². The van der Waals surface area contributed by atoms with Crippen molar-refractivity contribution in [3.05, 3.63) is 35.9 Å². The maximum atomic E-state index is 14.1. The van der Waals surface area contributed by atoms with Crippen molar-refractivity contribution in [3.8, 4) is 0 Å². The Morgan fingerprint density at radius 2 is 1.89 bits per heavy atom. The Morgan fingerprint density at radius 1 is 1.33 bits per heavy atom. The number of thiocarbonyl (C=S) groups is 1. The molecule has 0 heterocycles. The standard InChI is InChI=1S/C13H18F2N2S/c1-10(2)17(8-12(16)18)9-13(14,15)11-6-4-3-5-7-11/h3-7,10H,8-9H2,1-2H3,(H2,16,18). The Morgan fingerprint density at radius 3 is 2.33 bits per heavy atom. The van der Waals surface area contributed by atoms with Crippen molar-refractivity contribution >= 4 is 17.2 Å². The molecule has 2 N–H and O–H groups in total. The maximum absolute atomic E-state index is 14.1. The molecule has 1 rings (SSSR count). The van der Waals surface area contributed by atoms with E-state index in [0.29, 0.717) is 0 Å². The van der Waals surface area contributed by atoms with E-state index in [1.165, 1.54) is 12.1 Å². The van der Waals surface area contributed by atoms with Gasteiger partial charge in [0.2, 0.25) is 0 Å². The Hall–Kier alpha value is -1.07. The minimum absolute atomic E-state index is 0.0126. The second-order valence-corrected chi connectivity index (χ2v) is 5.06. The van der Waals surface area contributed by atoms with E-state index < -0.39 is 5.92 Å². The summed E-state index contributed by atoms with van der Waals surface area (Å²) in [4.78, 5) is 1.81. The first-order valence-electron chi connectivity index (χ1n) is 5.78. The number of hydrogen-bond acceptors (Lipinski definition) is 2. The third kappa shape index (κ3) is 4.31. The van der Waals surface area contributed by atoms with Crippen molar-refractivity contribution in [2.75, 3.05) is 13.1 Å². The van der Waals surface area contributed by atoms with Gasteiger partial charge in [-0.1, -0.05) is 42.5 Å². The van der Waals surface area contributed by atoms with Gasteiger partial charge in [0.05, 0.1) is 11.5 Å². The topological polar surface area (TPSA) is 29.3 Å². The van der Waals surface area contributed by atoms with Crippen molar-refractivity contribution in [2.24, 2.45) is 5.73 Å². The summed E-state index contributed by atoms with van der Waals surface area (Å²) < 4.78 is 28.2. The van der Waals surface area contributed by atoms with Crippen LogP contribution in [0.2, 0.25) is 0 Å². The zero-order valence-corrected chi connectivity index (χ0v) is 11.4. The zero-order valence-electron chi connectivity index (χ0n) is 10.6. The molecule has 0 fully saturated rings. The average Bonchev–Trinajstić information content (AvgIpc) is 2.28. The van der Waals surface area contributed by atoms with Crippen LogP contribution in [-0.4, -0.2) is 29.0 Å². The van der Waals surface area contributed by atoms with Gasteiger partial charge in [0.1, 0.15) is 0 Å². The molecule has 0 bridgehead atoms. The molecule has 0 aliphatic carbocycles. The number of alkyl halides is 2.